The Bertz CT molecular complexity index is 1430. The third-order valence-corrected chi connectivity index (χ3v) is 6.64. The molecule has 1 aliphatic heterocycles. The Labute approximate surface area is 236 Å². The molecule has 0 aliphatic carbocycles. The van der Waals surface area contributed by atoms with Crippen LogP contribution in [0.4, 0.5) is 10.5 Å². The van der Waals surface area contributed by atoms with E-state index in [2.05, 4.69) is 21.2 Å². The van der Waals surface area contributed by atoms with Crippen LogP contribution in [0, 0.1) is 0 Å². The lowest BCUT2D eigenvalue weighted by molar-refractivity contribution is -0.122. The number of urea groups is 1. The molecule has 7 nitrogen and oxygen atoms in total. The number of nitrogens with one attached hydrogen (secondary N) is 1. The number of hydrogen-bond donors (Lipinski definition) is 1. The van der Waals surface area contributed by atoms with Crippen molar-refractivity contribution in [3.63, 3.8) is 0 Å². The maximum absolute atomic E-state index is 13.2. The molecule has 3 aromatic rings. The standard InChI is InChI=1S/C26H18BrCl3N2O5/c1-2-36-22-11-14(10-20(27)23(22)37-13-15-3-4-17(29)12-21(15)30)9-19-24(33)31-26(35)32(25(19)34)18-7-5-16(28)6-8-18/h3-12H,2,13H2,1H3,(H,31,33,35)/b19-9+. The van der Waals surface area contributed by atoms with Crippen LogP contribution in [-0.4, -0.2) is 24.5 Å². The van der Waals surface area contributed by atoms with Gasteiger partial charge in [-0.3, -0.25) is 14.9 Å². The van der Waals surface area contributed by atoms with Gasteiger partial charge in [-0.1, -0.05) is 40.9 Å². The lowest BCUT2D eigenvalue weighted by atomic mass is 10.1. The SMILES string of the molecule is CCOc1cc(/C=C2\C(=O)NC(=O)N(c3ccc(Cl)cc3)C2=O)cc(Br)c1OCc1ccc(Cl)cc1Cl. The number of carbonyl (C=O) groups is 3. The van der Waals surface area contributed by atoms with Crippen LogP contribution in [-0.2, 0) is 16.2 Å². The molecular formula is C26H18BrCl3N2O5. The van der Waals surface area contributed by atoms with Gasteiger partial charge in [0, 0.05) is 20.6 Å². The van der Waals surface area contributed by atoms with E-state index in [1.165, 1.54) is 18.2 Å². The summed E-state index contributed by atoms with van der Waals surface area (Å²) in [4.78, 5) is 39.0. The molecule has 0 saturated carbocycles. The fourth-order valence-corrected chi connectivity index (χ4v) is 4.67. The Hall–Kier alpha value is -3.04. The van der Waals surface area contributed by atoms with Crippen molar-refractivity contribution in [1.29, 1.82) is 0 Å². The third kappa shape index (κ3) is 6.10. The number of anilines is 1. The van der Waals surface area contributed by atoms with Gasteiger partial charge >= 0.3 is 6.03 Å². The number of carbonyl (C=O) groups excluding carboxylic acids is 3. The highest BCUT2D eigenvalue weighted by atomic mass is 79.9. The summed E-state index contributed by atoms with van der Waals surface area (Å²) >= 11 is 21.6. The zero-order valence-corrected chi connectivity index (χ0v) is 23.0. The molecule has 190 valence electrons. The summed E-state index contributed by atoms with van der Waals surface area (Å²) < 4.78 is 12.3. The zero-order valence-electron chi connectivity index (χ0n) is 19.2. The average molecular weight is 625 g/mol. The van der Waals surface area contributed by atoms with Crippen LogP contribution in [0.3, 0.4) is 0 Å². The molecule has 0 bridgehead atoms. The lowest BCUT2D eigenvalue weighted by Crippen LogP contribution is -2.54. The largest absolute Gasteiger partial charge is 0.490 e. The Morgan fingerprint density at radius 1 is 0.946 bits per heavy atom. The highest BCUT2D eigenvalue weighted by Gasteiger charge is 2.36. The van der Waals surface area contributed by atoms with E-state index in [1.807, 2.05) is 6.92 Å². The fourth-order valence-electron chi connectivity index (χ4n) is 3.51. The van der Waals surface area contributed by atoms with E-state index < -0.39 is 17.8 Å². The molecule has 4 amide bonds. The summed E-state index contributed by atoms with van der Waals surface area (Å²) in [7, 11) is 0. The van der Waals surface area contributed by atoms with Gasteiger partial charge in [-0.2, -0.15) is 0 Å². The topological polar surface area (TPSA) is 84.9 Å². The number of rotatable bonds is 7. The second-order valence-corrected chi connectivity index (χ2v) is 9.86. The molecule has 1 saturated heterocycles. The highest BCUT2D eigenvalue weighted by molar-refractivity contribution is 9.10. The van der Waals surface area contributed by atoms with E-state index in [0.717, 1.165) is 10.5 Å². The van der Waals surface area contributed by atoms with Crippen molar-refractivity contribution in [1.82, 2.24) is 5.32 Å². The van der Waals surface area contributed by atoms with Crippen molar-refractivity contribution in [2.24, 2.45) is 0 Å². The minimum Gasteiger partial charge on any atom is -0.490 e. The maximum atomic E-state index is 13.2. The molecule has 0 atom stereocenters. The first-order valence-electron chi connectivity index (χ1n) is 10.9. The van der Waals surface area contributed by atoms with E-state index in [-0.39, 0.29) is 17.9 Å². The fraction of sp³-hybridized carbons (Fsp3) is 0.115. The minimum absolute atomic E-state index is 0.147. The smallest absolute Gasteiger partial charge is 0.335 e. The molecule has 1 fully saturated rings. The molecule has 1 aliphatic rings. The molecule has 1 heterocycles. The van der Waals surface area contributed by atoms with Crippen LogP contribution in [0.2, 0.25) is 15.1 Å². The Kier molecular flexibility index (Phi) is 8.44. The van der Waals surface area contributed by atoms with E-state index in [1.54, 1.807) is 42.5 Å². The van der Waals surface area contributed by atoms with E-state index in [4.69, 9.17) is 44.3 Å². The van der Waals surface area contributed by atoms with Crippen LogP contribution < -0.4 is 19.7 Å². The Morgan fingerprint density at radius 3 is 2.32 bits per heavy atom. The average Bonchev–Trinajstić information content (AvgIpc) is 2.83. The van der Waals surface area contributed by atoms with Crippen molar-refractivity contribution in [2.75, 3.05) is 11.5 Å². The molecule has 0 unspecified atom stereocenters. The molecule has 11 heteroatoms. The van der Waals surface area contributed by atoms with Gasteiger partial charge in [0.05, 0.1) is 16.8 Å². The molecular weight excluding hydrogens is 607 g/mol. The number of ether oxygens (including phenoxy) is 2. The number of barbiturate groups is 1. The van der Waals surface area contributed by atoms with Gasteiger partial charge in [0.15, 0.2) is 11.5 Å². The van der Waals surface area contributed by atoms with Gasteiger partial charge in [-0.25, -0.2) is 9.69 Å². The number of benzene rings is 3. The first kappa shape index (κ1) is 27.0. The van der Waals surface area contributed by atoms with E-state index in [0.29, 0.717) is 43.2 Å². The summed E-state index contributed by atoms with van der Waals surface area (Å²) in [6, 6.07) is 13.6. The van der Waals surface area contributed by atoms with Gasteiger partial charge in [0.2, 0.25) is 0 Å². The molecule has 0 aromatic heterocycles. The first-order chi connectivity index (χ1) is 17.7. The number of halogens is 4. The number of amides is 4. The lowest BCUT2D eigenvalue weighted by Gasteiger charge is -2.26. The number of imide groups is 2. The van der Waals surface area contributed by atoms with Crippen LogP contribution in [0.15, 0.2) is 64.6 Å². The molecule has 0 spiro atoms. The van der Waals surface area contributed by atoms with Gasteiger partial charge in [-0.15, -0.1) is 0 Å². The Balaban J connectivity index is 1.66. The van der Waals surface area contributed by atoms with Crippen LogP contribution in [0.25, 0.3) is 6.08 Å². The highest BCUT2D eigenvalue weighted by Crippen LogP contribution is 2.39. The quantitative estimate of drug-likeness (QED) is 0.225. The minimum atomic E-state index is -0.852. The van der Waals surface area contributed by atoms with Gasteiger partial charge < -0.3 is 9.47 Å². The number of nitrogens with zero attached hydrogens (tertiary/aromatic N) is 1. The summed E-state index contributed by atoms with van der Waals surface area (Å²) in [5, 5.41) is 3.61. The van der Waals surface area contributed by atoms with Crippen LogP contribution in [0.5, 0.6) is 11.5 Å². The first-order valence-corrected chi connectivity index (χ1v) is 12.8. The molecule has 1 N–H and O–H groups in total. The van der Waals surface area contributed by atoms with Gasteiger partial charge in [0.25, 0.3) is 11.8 Å². The Morgan fingerprint density at radius 2 is 1.65 bits per heavy atom. The van der Waals surface area contributed by atoms with E-state index >= 15 is 0 Å². The van der Waals surface area contributed by atoms with Gasteiger partial charge in [0.1, 0.15) is 12.2 Å². The van der Waals surface area contributed by atoms with Gasteiger partial charge in [-0.05, 0) is 83.0 Å². The van der Waals surface area contributed by atoms with Crippen LogP contribution in [0.1, 0.15) is 18.1 Å². The second kappa shape index (κ2) is 11.6. The molecule has 3 aromatic carbocycles. The molecule has 4 rings (SSSR count). The molecule has 37 heavy (non-hydrogen) atoms. The normalized spacial score (nSPS) is 14.7. The van der Waals surface area contributed by atoms with Crippen molar-refractivity contribution >= 4 is 80.3 Å². The third-order valence-electron chi connectivity index (χ3n) is 5.22. The van der Waals surface area contributed by atoms with Crippen LogP contribution >= 0.6 is 50.7 Å². The molecule has 0 radical (unpaired) electrons. The summed E-state index contributed by atoms with van der Waals surface area (Å²) in [5.41, 5.74) is 1.23. The summed E-state index contributed by atoms with van der Waals surface area (Å²) in [6.07, 6.45) is 1.38. The summed E-state index contributed by atoms with van der Waals surface area (Å²) in [6.45, 7) is 2.30. The number of hydrogen-bond acceptors (Lipinski definition) is 5. The predicted octanol–water partition coefficient (Wildman–Crippen LogP) is 7.05. The van der Waals surface area contributed by atoms with Crippen molar-refractivity contribution < 1.29 is 23.9 Å². The monoisotopic (exact) mass is 622 g/mol. The van der Waals surface area contributed by atoms with E-state index in [9.17, 15) is 14.4 Å². The maximum Gasteiger partial charge on any atom is 0.335 e. The van der Waals surface area contributed by atoms with Crippen molar-refractivity contribution in [3.05, 3.63) is 90.8 Å². The van der Waals surface area contributed by atoms with Crippen molar-refractivity contribution in [2.45, 2.75) is 13.5 Å². The van der Waals surface area contributed by atoms with Crippen molar-refractivity contribution in [3.8, 4) is 11.5 Å². The zero-order chi connectivity index (χ0) is 26.7. The predicted molar refractivity (Wildman–Crippen MR) is 147 cm³/mol. The second-order valence-electron chi connectivity index (χ2n) is 7.72. The summed E-state index contributed by atoms with van der Waals surface area (Å²) in [5.74, 6) is -0.801.